The van der Waals surface area contributed by atoms with Crippen molar-refractivity contribution in [2.75, 3.05) is 5.32 Å². The summed E-state index contributed by atoms with van der Waals surface area (Å²) in [6.07, 6.45) is -1.41. The van der Waals surface area contributed by atoms with Crippen molar-refractivity contribution in [2.24, 2.45) is 0 Å². The minimum atomic E-state index is -1.72. The van der Waals surface area contributed by atoms with Crippen molar-refractivity contribution in [1.82, 2.24) is 0 Å². The number of hydrogen-bond donors (Lipinski definition) is 1. The zero-order chi connectivity index (χ0) is 18.7. The molecule has 0 heterocycles. The molecule has 0 saturated heterocycles. The Balaban J connectivity index is 2.20. The molecule has 8 heteroatoms. The topological polar surface area (TPSA) is 55.4 Å². The molecule has 1 amide bonds. The smallest absolute Gasteiger partial charge is 0.221 e. The lowest BCUT2D eigenvalue weighted by Crippen LogP contribution is -2.25. The maximum absolute atomic E-state index is 13.6. The first-order chi connectivity index (χ1) is 11.7. The van der Waals surface area contributed by atoms with Gasteiger partial charge in [-0.05, 0) is 31.2 Å². The van der Waals surface area contributed by atoms with Crippen LogP contribution in [0.4, 0.5) is 23.2 Å². The quantitative estimate of drug-likeness (QED) is 0.504. The van der Waals surface area contributed by atoms with E-state index < -0.39 is 40.9 Å². The van der Waals surface area contributed by atoms with Gasteiger partial charge in [0, 0.05) is 24.2 Å². The Morgan fingerprint density at radius 3 is 2.00 bits per heavy atom. The zero-order valence-corrected chi connectivity index (χ0v) is 13.2. The summed E-state index contributed by atoms with van der Waals surface area (Å²) in [5.41, 5.74) is 0.571. The van der Waals surface area contributed by atoms with Crippen LogP contribution in [0.15, 0.2) is 30.3 Å². The largest absolute Gasteiger partial charge is 0.476 e. The Bertz CT molecular complexity index is 795. The van der Waals surface area contributed by atoms with E-state index in [1.165, 1.54) is 38.1 Å². The number of nitrogens with one attached hydrogen (secondary N) is 1. The summed E-state index contributed by atoms with van der Waals surface area (Å²) < 4.78 is 58.3. The van der Waals surface area contributed by atoms with Gasteiger partial charge < -0.3 is 10.1 Å². The lowest BCUT2D eigenvalue weighted by atomic mass is 10.1. The summed E-state index contributed by atoms with van der Waals surface area (Å²) in [7, 11) is 0. The van der Waals surface area contributed by atoms with Gasteiger partial charge in [0.25, 0.3) is 0 Å². The van der Waals surface area contributed by atoms with Gasteiger partial charge in [-0.1, -0.05) is 0 Å². The lowest BCUT2D eigenvalue weighted by molar-refractivity contribution is -0.114. The predicted octanol–water partition coefficient (Wildman–Crippen LogP) is 3.85. The fourth-order valence-electron chi connectivity index (χ4n) is 2.04. The standard InChI is InChI=1S/C17H13F4NO3/c1-8(25-17-14(20)12(18)7-13(19)15(17)21)16(24)10-3-5-11(6-4-10)22-9(2)23/h3-8H,1-2H3,(H,22,23)/t8-/m1/s1. The van der Waals surface area contributed by atoms with Gasteiger partial charge in [-0.25, -0.2) is 8.78 Å². The van der Waals surface area contributed by atoms with Gasteiger partial charge in [0.15, 0.2) is 23.5 Å². The number of ketones is 1. The monoisotopic (exact) mass is 355 g/mol. The van der Waals surface area contributed by atoms with E-state index >= 15 is 0 Å². The summed E-state index contributed by atoms with van der Waals surface area (Å²) >= 11 is 0. The van der Waals surface area contributed by atoms with E-state index in [-0.39, 0.29) is 17.5 Å². The van der Waals surface area contributed by atoms with Crippen molar-refractivity contribution in [3.05, 3.63) is 59.2 Å². The van der Waals surface area contributed by atoms with Crippen LogP contribution in [0.25, 0.3) is 0 Å². The third kappa shape index (κ3) is 4.14. The van der Waals surface area contributed by atoms with Gasteiger partial charge in [0.05, 0.1) is 0 Å². The maximum Gasteiger partial charge on any atom is 0.221 e. The fourth-order valence-corrected chi connectivity index (χ4v) is 2.04. The van der Waals surface area contributed by atoms with Gasteiger partial charge in [-0.2, -0.15) is 8.78 Å². The van der Waals surface area contributed by atoms with Crippen molar-refractivity contribution in [1.29, 1.82) is 0 Å². The highest BCUT2D eigenvalue weighted by Crippen LogP contribution is 2.28. The van der Waals surface area contributed by atoms with Crippen molar-refractivity contribution in [3.63, 3.8) is 0 Å². The van der Waals surface area contributed by atoms with E-state index in [4.69, 9.17) is 4.74 Å². The molecule has 0 bridgehead atoms. The minimum Gasteiger partial charge on any atom is -0.476 e. The maximum atomic E-state index is 13.6. The first kappa shape index (κ1) is 18.4. The third-order valence-corrected chi connectivity index (χ3v) is 3.23. The molecular weight excluding hydrogens is 342 g/mol. The summed E-state index contributed by atoms with van der Waals surface area (Å²) in [6.45, 7) is 2.50. The number of hydrogen-bond acceptors (Lipinski definition) is 3. The predicted molar refractivity (Wildman–Crippen MR) is 81.4 cm³/mol. The molecule has 1 atom stereocenters. The molecule has 0 radical (unpaired) electrons. The van der Waals surface area contributed by atoms with Gasteiger partial charge >= 0.3 is 0 Å². The normalized spacial score (nSPS) is 11.8. The van der Waals surface area contributed by atoms with Crippen LogP contribution >= 0.6 is 0 Å². The molecule has 2 rings (SSSR count). The van der Waals surface area contributed by atoms with E-state index in [1.54, 1.807) is 0 Å². The summed E-state index contributed by atoms with van der Waals surface area (Å²) in [5.74, 6) is -8.97. The number of benzene rings is 2. The van der Waals surface area contributed by atoms with Gasteiger partial charge in [-0.15, -0.1) is 0 Å². The SMILES string of the molecule is CC(=O)Nc1ccc(C(=O)[C@@H](C)Oc2c(F)c(F)cc(F)c2F)cc1. The van der Waals surface area contributed by atoms with Crippen LogP contribution < -0.4 is 10.1 Å². The number of ether oxygens (including phenoxy) is 1. The highest BCUT2D eigenvalue weighted by molar-refractivity contribution is 6.00. The van der Waals surface area contributed by atoms with E-state index in [2.05, 4.69) is 5.32 Å². The molecule has 4 nitrogen and oxygen atoms in total. The van der Waals surface area contributed by atoms with Crippen LogP contribution in [0, 0.1) is 23.3 Å². The molecule has 0 aromatic heterocycles. The second-order valence-corrected chi connectivity index (χ2v) is 5.18. The van der Waals surface area contributed by atoms with E-state index in [9.17, 15) is 27.2 Å². The number of rotatable bonds is 5. The number of carbonyl (C=O) groups is 2. The lowest BCUT2D eigenvalue weighted by Gasteiger charge is -2.15. The average molecular weight is 355 g/mol. The molecule has 0 aliphatic carbocycles. The number of carbonyl (C=O) groups excluding carboxylic acids is 2. The number of halogens is 4. The average Bonchev–Trinajstić information content (AvgIpc) is 2.56. The zero-order valence-electron chi connectivity index (χ0n) is 13.2. The molecule has 0 aliphatic heterocycles. The fraction of sp³-hybridized carbons (Fsp3) is 0.176. The molecule has 132 valence electrons. The van der Waals surface area contributed by atoms with Gasteiger partial charge in [-0.3, -0.25) is 9.59 Å². The Kier molecular flexibility index (Phi) is 5.41. The first-order valence-corrected chi connectivity index (χ1v) is 7.12. The summed E-state index contributed by atoms with van der Waals surface area (Å²) in [5, 5.41) is 2.50. The third-order valence-electron chi connectivity index (χ3n) is 3.23. The molecule has 0 unspecified atom stereocenters. The molecule has 0 fully saturated rings. The van der Waals surface area contributed by atoms with Crippen LogP contribution in [-0.2, 0) is 4.79 Å². The molecular formula is C17H13F4NO3. The molecule has 0 saturated carbocycles. The van der Waals surface area contributed by atoms with Crippen LogP contribution in [0.3, 0.4) is 0 Å². The van der Waals surface area contributed by atoms with Crippen LogP contribution in [-0.4, -0.2) is 17.8 Å². The van der Waals surface area contributed by atoms with Crippen molar-refractivity contribution < 1.29 is 31.9 Å². The van der Waals surface area contributed by atoms with Gasteiger partial charge in [0.1, 0.15) is 0 Å². The van der Waals surface area contributed by atoms with E-state index in [0.717, 1.165) is 0 Å². The van der Waals surface area contributed by atoms with Crippen LogP contribution in [0.2, 0.25) is 0 Å². The minimum absolute atomic E-state index is 0.0464. The molecule has 2 aromatic carbocycles. The van der Waals surface area contributed by atoms with Crippen LogP contribution in [0.5, 0.6) is 5.75 Å². The molecule has 25 heavy (non-hydrogen) atoms. The number of anilines is 1. The summed E-state index contributed by atoms with van der Waals surface area (Å²) in [6, 6.07) is 5.68. The van der Waals surface area contributed by atoms with E-state index in [0.29, 0.717) is 5.69 Å². The Morgan fingerprint density at radius 2 is 1.52 bits per heavy atom. The molecule has 0 spiro atoms. The molecule has 2 aromatic rings. The van der Waals surface area contributed by atoms with Crippen molar-refractivity contribution in [2.45, 2.75) is 20.0 Å². The summed E-state index contributed by atoms with van der Waals surface area (Å²) in [4.78, 5) is 23.2. The number of Topliss-reactive ketones (excluding diaryl/α,β-unsaturated/α-hetero) is 1. The highest BCUT2D eigenvalue weighted by atomic mass is 19.2. The highest BCUT2D eigenvalue weighted by Gasteiger charge is 2.25. The van der Waals surface area contributed by atoms with Crippen LogP contribution in [0.1, 0.15) is 24.2 Å². The van der Waals surface area contributed by atoms with Crippen molar-refractivity contribution >= 4 is 17.4 Å². The Labute approximate surface area is 140 Å². The second-order valence-electron chi connectivity index (χ2n) is 5.18. The van der Waals surface area contributed by atoms with Crippen molar-refractivity contribution in [3.8, 4) is 5.75 Å². The molecule has 0 aliphatic rings. The Hall–Kier alpha value is -2.90. The Morgan fingerprint density at radius 1 is 1.00 bits per heavy atom. The number of amides is 1. The molecule has 1 N–H and O–H groups in total. The first-order valence-electron chi connectivity index (χ1n) is 7.12. The van der Waals surface area contributed by atoms with E-state index in [1.807, 2.05) is 0 Å². The second kappa shape index (κ2) is 7.33. The van der Waals surface area contributed by atoms with Gasteiger partial charge in [0.2, 0.25) is 23.3 Å².